The van der Waals surface area contributed by atoms with Crippen molar-refractivity contribution in [1.82, 2.24) is 5.32 Å². The molecular weight excluding hydrogens is 310 g/mol. The molecule has 1 amide bonds. The van der Waals surface area contributed by atoms with E-state index in [-0.39, 0.29) is 5.92 Å². The molecule has 0 bridgehead atoms. The molecule has 1 rings (SSSR count). The molecule has 0 saturated heterocycles. The van der Waals surface area contributed by atoms with E-state index >= 15 is 0 Å². The summed E-state index contributed by atoms with van der Waals surface area (Å²) < 4.78 is 10.6. The number of ether oxygens (including phenoxy) is 2. The van der Waals surface area contributed by atoms with Crippen LogP contribution in [0, 0.1) is 5.92 Å². The van der Waals surface area contributed by atoms with Gasteiger partial charge in [-0.05, 0) is 30.9 Å². The van der Waals surface area contributed by atoms with Crippen LogP contribution in [-0.2, 0) is 11.2 Å². The fourth-order valence-electron chi connectivity index (χ4n) is 2.42. The Morgan fingerprint density at radius 1 is 1.29 bits per heavy atom. The topological polar surface area (TPSA) is 84.9 Å². The summed E-state index contributed by atoms with van der Waals surface area (Å²) in [6, 6.07) is 2.26. The largest absolute Gasteiger partial charge is 0.493 e. The van der Waals surface area contributed by atoms with Crippen molar-refractivity contribution in [3.05, 3.63) is 35.9 Å². The summed E-state index contributed by atoms with van der Waals surface area (Å²) in [5, 5.41) is 11.8. The number of carboxylic acid groups (broad SMARTS) is 1. The molecule has 0 aliphatic rings. The van der Waals surface area contributed by atoms with E-state index in [1.165, 1.54) is 20.3 Å². The molecule has 0 aliphatic heterocycles. The van der Waals surface area contributed by atoms with Gasteiger partial charge in [-0.15, -0.1) is 6.58 Å². The molecule has 0 spiro atoms. The van der Waals surface area contributed by atoms with Crippen molar-refractivity contribution in [2.24, 2.45) is 5.92 Å². The third kappa shape index (κ3) is 5.01. The van der Waals surface area contributed by atoms with Gasteiger partial charge in [-0.25, -0.2) is 4.79 Å². The molecule has 6 heteroatoms. The lowest BCUT2D eigenvalue weighted by Crippen LogP contribution is -2.41. The highest BCUT2D eigenvalue weighted by atomic mass is 16.5. The second kappa shape index (κ2) is 8.96. The minimum Gasteiger partial charge on any atom is -0.493 e. The van der Waals surface area contributed by atoms with Crippen LogP contribution in [0.25, 0.3) is 0 Å². The van der Waals surface area contributed by atoms with Crippen LogP contribution in [0.5, 0.6) is 11.5 Å². The van der Waals surface area contributed by atoms with Gasteiger partial charge in [0.05, 0.1) is 14.2 Å². The van der Waals surface area contributed by atoms with Gasteiger partial charge in [0.15, 0.2) is 11.5 Å². The SMILES string of the molecule is C=CCc1cc(C(=O)NC(CC(C)C)C(=O)O)cc(OC)c1OC. The first-order chi connectivity index (χ1) is 11.3. The molecule has 0 radical (unpaired) electrons. The Morgan fingerprint density at radius 2 is 1.96 bits per heavy atom. The van der Waals surface area contributed by atoms with E-state index in [1.807, 2.05) is 13.8 Å². The summed E-state index contributed by atoms with van der Waals surface area (Å²) in [6.07, 6.45) is 2.54. The molecule has 2 N–H and O–H groups in total. The van der Waals surface area contributed by atoms with E-state index in [1.54, 1.807) is 12.1 Å². The molecule has 6 nitrogen and oxygen atoms in total. The Hall–Kier alpha value is -2.50. The predicted octanol–water partition coefficient (Wildman–Crippen LogP) is 2.66. The zero-order valence-electron chi connectivity index (χ0n) is 14.6. The molecule has 0 aromatic heterocycles. The van der Waals surface area contributed by atoms with Crippen molar-refractivity contribution in [2.75, 3.05) is 14.2 Å². The first kappa shape index (κ1) is 19.5. The maximum Gasteiger partial charge on any atom is 0.326 e. The van der Waals surface area contributed by atoms with Gasteiger partial charge in [0.25, 0.3) is 5.91 Å². The number of carbonyl (C=O) groups is 2. The quantitative estimate of drug-likeness (QED) is 0.678. The normalized spacial score (nSPS) is 11.7. The van der Waals surface area contributed by atoms with Gasteiger partial charge in [0.1, 0.15) is 6.04 Å². The molecule has 1 aromatic carbocycles. The predicted molar refractivity (Wildman–Crippen MR) is 91.8 cm³/mol. The zero-order chi connectivity index (χ0) is 18.3. The highest BCUT2D eigenvalue weighted by Crippen LogP contribution is 2.33. The van der Waals surface area contributed by atoms with Crippen LogP contribution in [0.15, 0.2) is 24.8 Å². The number of rotatable bonds is 9. The molecule has 0 fully saturated rings. The van der Waals surface area contributed by atoms with Crippen molar-refractivity contribution in [1.29, 1.82) is 0 Å². The Labute approximate surface area is 142 Å². The Morgan fingerprint density at radius 3 is 2.42 bits per heavy atom. The van der Waals surface area contributed by atoms with Crippen molar-refractivity contribution in [3.8, 4) is 11.5 Å². The number of amides is 1. The smallest absolute Gasteiger partial charge is 0.326 e. The summed E-state index contributed by atoms with van der Waals surface area (Å²) in [7, 11) is 3.00. The van der Waals surface area contributed by atoms with E-state index < -0.39 is 17.9 Å². The summed E-state index contributed by atoms with van der Waals surface area (Å²) in [4.78, 5) is 23.8. The van der Waals surface area contributed by atoms with Crippen LogP contribution in [0.2, 0.25) is 0 Å². The Balaban J connectivity index is 3.15. The number of benzene rings is 1. The lowest BCUT2D eigenvalue weighted by molar-refractivity contribution is -0.139. The number of carbonyl (C=O) groups excluding carboxylic acids is 1. The molecule has 132 valence electrons. The fourth-order valence-corrected chi connectivity index (χ4v) is 2.42. The molecule has 24 heavy (non-hydrogen) atoms. The van der Waals surface area contributed by atoms with Crippen LogP contribution >= 0.6 is 0 Å². The maximum atomic E-state index is 12.5. The van der Waals surface area contributed by atoms with Crippen LogP contribution in [-0.4, -0.2) is 37.2 Å². The molecule has 1 atom stereocenters. The summed E-state index contributed by atoms with van der Waals surface area (Å²) >= 11 is 0. The van der Waals surface area contributed by atoms with Gasteiger partial charge in [0, 0.05) is 11.1 Å². The van der Waals surface area contributed by atoms with E-state index in [0.717, 1.165) is 5.56 Å². The van der Waals surface area contributed by atoms with Crippen molar-refractivity contribution in [2.45, 2.75) is 32.7 Å². The number of nitrogens with one attached hydrogen (secondary N) is 1. The average molecular weight is 335 g/mol. The number of methoxy groups -OCH3 is 2. The number of hydrogen-bond acceptors (Lipinski definition) is 4. The molecule has 0 heterocycles. The first-order valence-electron chi connectivity index (χ1n) is 7.73. The Bertz CT molecular complexity index is 610. The third-order valence-corrected chi connectivity index (χ3v) is 3.49. The van der Waals surface area contributed by atoms with Crippen LogP contribution in [0.4, 0.5) is 0 Å². The molecule has 1 unspecified atom stereocenters. The van der Waals surface area contributed by atoms with Crippen LogP contribution in [0.3, 0.4) is 0 Å². The zero-order valence-corrected chi connectivity index (χ0v) is 14.6. The van der Waals surface area contributed by atoms with Crippen LogP contribution in [0.1, 0.15) is 36.2 Å². The monoisotopic (exact) mass is 335 g/mol. The minimum atomic E-state index is -1.05. The fraction of sp³-hybridized carbons (Fsp3) is 0.444. The van der Waals surface area contributed by atoms with Gasteiger partial charge in [-0.3, -0.25) is 4.79 Å². The van der Waals surface area contributed by atoms with Gasteiger partial charge in [-0.2, -0.15) is 0 Å². The maximum absolute atomic E-state index is 12.5. The standard InChI is InChI=1S/C18H25NO5/c1-6-7-12-9-13(10-15(23-4)16(12)24-5)17(20)19-14(18(21)22)8-11(2)3/h6,9-11,14H,1,7-8H2,2-5H3,(H,19,20)(H,21,22). The molecule has 0 saturated carbocycles. The third-order valence-electron chi connectivity index (χ3n) is 3.49. The molecule has 0 aliphatic carbocycles. The van der Waals surface area contributed by atoms with Gasteiger partial charge in [-0.1, -0.05) is 19.9 Å². The summed E-state index contributed by atoms with van der Waals surface area (Å²) in [5.74, 6) is -0.421. The Kier molecular flexibility index (Phi) is 7.30. The van der Waals surface area contributed by atoms with E-state index in [2.05, 4.69) is 11.9 Å². The van der Waals surface area contributed by atoms with Crippen LogP contribution < -0.4 is 14.8 Å². The van der Waals surface area contributed by atoms with E-state index in [0.29, 0.717) is 29.9 Å². The lowest BCUT2D eigenvalue weighted by Gasteiger charge is -2.18. The summed E-state index contributed by atoms with van der Waals surface area (Å²) in [5.41, 5.74) is 1.06. The molecule has 1 aromatic rings. The first-order valence-corrected chi connectivity index (χ1v) is 7.73. The van der Waals surface area contributed by atoms with E-state index in [4.69, 9.17) is 9.47 Å². The van der Waals surface area contributed by atoms with Gasteiger partial charge < -0.3 is 19.9 Å². The number of allylic oxidation sites excluding steroid dienone is 1. The second-order valence-electron chi connectivity index (χ2n) is 5.86. The van der Waals surface area contributed by atoms with Crippen molar-refractivity contribution >= 4 is 11.9 Å². The van der Waals surface area contributed by atoms with Crippen molar-refractivity contribution in [3.63, 3.8) is 0 Å². The van der Waals surface area contributed by atoms with Gasteiger partial charge >= 0.3 is 5.97 Å². The van der Waals surface area contributed by atoms with Crippen molar-refractivity contribution < 1.29 is 24.2 Å². The second-order valence-corrected chi connectivity index (χ2v) is 5.86. The lowest BCUT2D eigenvalue weighted by atomic mass is 10.0. The highest BCUT2D eigenvalue weighted by molar-refractivity contribution is 5.97. The average Bonchev–Trinajstić information content (AvgIpc) is 2.53. The van der Waals surface area contributed by atoms with Gasteiger partial charge in [0.2, 0.25) is 0 Å². The highest BCUT2D eigenvalue weighted by Gasteiger charge is 2.23. The number of aliphatic carboxylic acids is 1. The molecular formula is C18H25NO5. The summed E-state index contributed by atoms with van der Waals surface area (Å²) in [6.45, 7) is 7.50. The number of hydrogen-bond donors (Lipinski definition) is 2. The minimum absolute atomic E-state index is 0.146. The number of carboxylic acids is 1. The van der Waals surface area contributed by atoms with E-state index in [9.17, 15) is 14.7 Å².